The molecule has 0 amide bonds. The Morgan fingerprint density at radius 3 is 2.70 bits per heavy atom. The number of hydrogen-bond donors (Lipinski definition) is 1. The molecule has 1 atom stereocenters. The van der Waals surface area contributed by atoms with Crippen molar-refractivity contribution in [2.24, 2.45) is 0 Å². The predicted molar refractivity (Wildman–Crippen MR) is 91.7 cm³/mol. The fourth-order valence-corrected chi connectivity index (χ4v) is 2.63. The van der Waals surface area contributed by atoms with Gasteiger partial charge in [-0.15, -0.1) is 0 Å². The zero-order valence-electron chi connectivity index (χ0n) is 13.7. The van der Waals surface area contributed by atoms with Gasteiger partial charge >= 0.3 is 0 Å². The van der Waals surface area contributed by atoms with E-state index in [1.807, 2.05) is 37.3 Å². The summed E-state index contributed by atoms with van der Waals surface area (Å²) in [4.78, 5) is 0. The van der Waals surface area contributed by atoms with Crippen molar-refractivity contribution in [2.75, 3.05) is 25.1 Å². The second-order valence-electron chi connectivity index (χ2n) is 5.55. The van der Waals surface area contributed by atoms with Crippen LogP contribution in [0.2, 0.25) is 0 Å². The van der Waals surface area contributed by atoms with Gasteiger partial charge in [0.25, 0.3) is 0 Å². The molecule has 23 heavy (non-hydrogen) atoms. The summed E-state index contributed by atoms with van der Waals surface area (Å²) in [5.41, 5.74) is 2.15. The Kier molecular flexibility index (Phi) is 4.91. The van der Waals surface area contributed by atoms with Crippen LogP contribution >= 0.6 is 0 Å². The van der Waals surface area contributed by atoms with E-state index >= 15 is 0 Å². The van der Waals surface area contributed by atoms with Crippen molar-refractivity contribution in [1.82, 2.24) is 0 Å². The molecule has 3 rings (SSSR count). The van der Waals surface area contributed by atoms with Crippen LogP contribution in [0.3, 0.4) is 0 Å². The van der Waals surface area contributed by atoms with E-state index in [1.54, 1.807) is 0 Å². The first kappa shape index (κ1) is 15.5. The maximum absolute atomic E-state index is 5.77. The average Bonchev–Trinajstić information content (AvgIpc) is 2.81. The maximum Gasteiger partial charge on any atom is 0.161 e. The molecule has 2 aromatic rings. The van der Waals surface area contributed by atoms with Gasteiger partial charge in [0, 0.05) is 12.5 Å². The van der Waals surface area contributed by atoms with Crippen LogP contribution in [0.1, 0.15) is 31.9 Å². The van der Waals surface area contributed by atoms with E-state index in [2.05, 4.69) is 24.4 Å². The number of benzene rings is 2. The van der Waals surface area contributed by atoms with Crippen molar-refractivity contribution in [3.63, 3.8) is 0 Å². The summed E-state index contributed by atoms with van der Waals surface area (Å²) >= 11 is 0. The second-order valence-corrected chi connectivity index (χ2v) is 5.55. The molecular weight excluding hydrogens is 290 g/mol. The number of anilines is 1. The van der Waals surface area contributed by atoms with Gasteiger partial charge in [-0.05, 0) is 43.7 Å². The molecule has 0 aromatic heterocycles. The molecule has 1 N–H and O–H groups in total. The van der Waals surface area contributed by atoms with Crippen molar-refractivity contribution >= 4 is 5.69 Å². The fraction of sp³-hybridized carbons (Fsp3) is 0.368. The summed E-state index contributed by atoms with van der Waals surface area (Å²) in [6.07, 6.45) is 0.916. The summed E-state index contributed by atoms with van der Waals surface area (Å²) in [5, 5.41) is 3.51. The first-order chi connectivity index (χ1) is 11.3. The normalized spacial score (nSPS) is 14.7. The van der Waals surface area contributed by atoms with Gasteiger partial charge in [-0.2, -0.15) is 0 Å². The topological polar surface area (TPSA) is 39.7 Å². The highest BCUT2D eigenvalue weighted by atomic mass is 16.5. The Morgan fingerprint density at radius 2 is 1.87 bits per heavy atom. The Labute approximate surface area is 137 Å². The van der Waals surface area contributed by atoms with E-state index in [4.69, 9.17) is 14.2 Å². The first-order valence-electron chi connectivity index (χ1n) is 8.16. The summed E-state index contributed by atoms with van der Waals surface area (Å²) < 4.78 is 17.1. The van der Waals surface area contributed by atoms with Crippen LogP contribution in [0.15, 0.2) is 42.5 Å². The lowest BCUT2D eigenvalue weighted by Gasteiger charge is -2.19. The van der Waals surface area contributed by atoms with E-state index < -0.39 is 0 Å². The highest BCUT2D eigenvalue weighted by molar-refractivity contribution is 5.57. The Hall–Kier alpha value is -2.36. The predicted octanol–water partition coefficient (Wildman–Crippen LogP) is 4.42. The number of fused-ring (bicyclic) bond motifs is 1. The number of nitrogens with one attached hydrogen (secondary N) is 1. The van der Waals surface area contributed by atoms with Gasteiger partial charge < -0.3 is 19.5 Å². The third-order valence-corrected chi connectivity index (χ3v) is 3.83. The summed E-state index contributed by atoms with van der Waals surface area (Å²) in [5.74, 6) is 2.52. The second kappa shape index (κ2) is 7.27. The largest absolute Gasteiger partial charge is 0.492 e. The number of para-hydroxylation sites is 2. The van der Waals surface area contributed by atoms with Crippen molar-refractivity contribution in [2.45, 2.75) is 26.3 Å². The molecule has 1 unspecified atom stereocenters. The van der Waals surface area contributed by atoms with E-state index in [-0.39, 0.29) is 6.04 Å². The van der Waals surface area contributed by atoms with Crippen molar-refractivity contribution < 1.29 is 14.2 Å². The number of ether oxygens (including phenoxy) is 3. The van der Waals surface area contributed by atoms with Crippen LogP contribution in [-0.2, 0) is 0 Å². The zero-order chi connectivity index (χ0) is 16.1. The molecule has 0 radical (unpaired) electrons. The van der Waals surface area contributed by atoms with Gasteiger partial charge in [0.2, 0.25) is 0 Å². The molecule has 0 spiro atoms. The molecule has 0 fully saturated rings. The van der Waals surface area contributed by atoms with Crippen LogP contribution < -0.4 is 19.5 Å². The molecule has 1 heterocycles. The smallest absolute Gasteiger partial charge is 0.161 e. The molecule has 1 aliphatic heterocycles. The van der Waals surface area contributed by atoms with Crippen LogP contribution in [0.4, 0.5) is 5.69 Å². The highest BCUT2D eigenvalue weighted by Crippen LogP contribution is 2.34. The standard InChI is InChI=1S/C19H23NO3/c1-3-21-17-8-5-4-7-16(17)20-14(2)15-9-10-18-19(13-15)23-12-6-11-22-18/h4-5,7-10,13-14,20H,3,6,11-12H2,1-2H3. The molecule has 2 aromatic carbocycles. The van der Waals surface area contributed by atoms with E-state index in [0.29, 0.717) is 19.8 Å². The van der Waals surface area contributed by atoms with Gasteiger partial charge in [-0.3, -0.25) is 0 Å². The van der Waals surface area contributed by atoms with Gasteiger partial charge in [0.15, 0.2) is 11.5 Å². The quantitative estimate of drug-likeness (QED) is 0.887. The third-order valence-electron chi connectivity index (χ3n) is 3.83. The summed E-state index contributed by atoms with van der Waals surface area (Å²) in [7, 11) is 0. The Balaban J connectivity index is 1.78. The Morgan fingerprint density at radius 1 is 1.09 bits per heavy atom. The minimum absolute atomic E-state index is 0.133. The Bertz CT molecular complexity index is 657. The molecule has 0 saturated carbocycles. The molecule has 0 aliphatic carbocycles. The van der Waals surface area contributed by atoms with E-state index in [0.717, 1.165) is 34.9 Å². The third kappa shape index (κ3) is 3.70. The highest BCUT2D eigenvalue weighted by Gasteiger charge is 2.14. The van der Waals surface area contributed by atoms with Crippen LogP contribution in [0.5, 0.6) is 17.2 Å². The monoisotopic (exact) mass is 313 g/mol. The van der Waals surface area contributed by atoms with Crippen molar-refractivity contribution in [3.8, 4) is 17.2 Å². The molecule has 0 bridgehead atoms. The van der Waals surface area contributed by atoms with Crippen LogP contribution in [0, 0.1) is 0 Å². The van der Waals surface area contributed by atoms with Gasteiger partial charge in [0.1, 0.15) is 5.75 Å². The molecule has 0 saturated heterocycles. The molecular formula is C19H23NO3. The van der Waals surface area contributed by atoms with Crippen molar-refractivity contribution in [1.29, 1.82) is 0 Å². The summed E-state index contributed by atoms with van der Waals surface area (Å²) in [6.45, 7) is 6.18. The maximum atomic E-state index is 5.77. The van der Waals surface area contributed by atoms with Crippen LogP contribution in [0.25, 0.3) is 0 Å². The van der Waals surface area contributed by atoms with Crippen molar-refractivity contribution in [3.05, 3.63) is 48.0 Å². The van der Waals surface area contributed by atoms with Gasteiger partial charge in [-0.25, -0.2) is 0 Å². The van der Waals surface area contributed by atoms with Crippen LogP contribution in [-0.4, -0.2) is 19.8 Å². The molecule has 4 nitrogen and oxygen atoms in total. The molecule has 4 heteroatoms. The number of rotatable bonds is 5. The number of hydrogen-bond acceptors (Lipinski definition) is 4. The lowest BCUT2D eigenvalue weighted by atomic mass is 10.1. The SMILES string of the molecule is CCOc1ccccc1NC(C)c1ccc2c(c1)OCCCO2. The average molecular weight is 313 g/mol. The van der Waals surface area contributed by atoms with Gasteiger partial charge in [-0.1, -0.05) is 18.2 Å². The first-order valence-corrected chi connectivity index (χ1v) is 8.16. The molecule has 1 aliphatic rings. The van der Waals surface area contributed by atoms with E-state index in [1.165, 1.54) is 0 Å². The summed E-state index contributed by atoms with van der Waals surface area (Å²) in [6, 6.07) is 14.3. The minimum Gasteiger partial charge on any atom is -0.492 e. The lowest BCUT2D eigenvalue weighted by molar-refractivity contribution is 0.297. The zero-order valence-corrected chi connectivity index (χ0v) is 13.7. The fourth-order valence-electron chi connectivity index (χ4n) is 2.63. The van der Waals surface area contributed by atoms with Gasteiger partial charge in [0.05, 0.1) is 25.5 Å². The minimum atomic E-state index is 0.133. The molecule has 122 valence electrons. The van der Waals surface area contributed by atoms with E-state index in [9.17, 15) is 0 Å². The lowest BCUT2D eigenvalue weighted by Crippen LogP contribution is -2.08.